The van der Waals surface area contributed by atoms with Crippen LogP contribution in [0.3, 0.4) is 0 Å². The van der Waals surface area contributed by atoms with Gasteiger partial charge in [-0.3, -0.25) is 0 Å². The van der Waals surface area contributed by atoms with Crippen LogP contribution in [-0.4, -0.2) is 35.3 Å². The summed E-state index contributed by atoms with van der Waals surface area (Å²) in [7, 11) is 1.29. The Labute approximate surface area is 102 Å². The molecule has 0 saturated heterocycles. The molecule has 0 radical (unpaired) electrons. The topological polar surface area (TPSA) is 66.8 Å². The summed E-state index contributed by atoms with van der Waals surface area (Å²) >= 11 is 6.63. The van der Waals surface area contributed by atoms with E-state index in [9.17, 15) is 15.0 Å². The first-order chi connectivity index (χ1) is 7.60. The lowest BCUT2D eigenvalue weighted by molar-refractivity contribution is 0.0172. The lowest BCUT2D eigenvalue weighted by Gasteiger charge is -2.15. The number of thiophene rings is 1. The van der Waals surface area contributed by atoms with Gasteiger partial charge in [-0.25, -0.2) is 4.79 Å². The van der Waals surface area contributed by atoms with Crippen molar-refractivity contribution in [2.45, 2.75) is 18.6 Å². The summed E-state index contributed by atoms with van der Waals surface area (Å²) in [5.41, 5.74) is 0.503. The first-order valence-electron chi connectivity index (χ1n) is 4.69. The standard InChI is InChI=1S/C10H13ClO4S/c1-15-10(14)8-4-6(5-16-8)9(13)7(12)2-3-11/h4-5,7,9,12-13H,2-3H2,1H3. The van der Waals surface area contributed by atoms with E-state index in [1.54, 1.807) is 5.38 Å². The van der Waals surface area contributed by atoms with Crippen molar-refractivity contribution < 1.29 is 19.7 Å². The molecule has 0 fully saturated rings. The second-order valence-electron chi connectivity index (χ2n) is 3.23. The highest BCUT2D eigenvalue weighted by Crippen LogP contribution is 2.25. The van der Waals surface area contributed by atoms with Crippen molar-refractivity contribution in [1.82, 2.24) is 0 Å². The van der Waals surface area contributed by atoms with Crippen LogP contribution in [0.1, 0.15) is 27.8 Å². The van der Waals surface area contributed by atoms with Crippen LogP contribution in [0.2, 0.25) is 0 Å². The molecule has 0 aliphatic heterocycles. The maximum Gasteiger partial charge on any atom is 0.348 e. The molecular formula is C10H13ClO4S. The van der Waals surface area contributed by atoms with Crippen molar-refractivity contribution in [2.75, 3.05) is 13.0 Å². The number of methoxy groups -OCH3 is 1. The zero-order valence-electron chi connectivity index (χ0n) is 8.72. The van der Waals surface area contributed by atoms with Crippen LogP contribution in [0.25, 0.3) is 0 Å². The molecule has 1 heterocycles. The van der Waals surface area contributed by atoms with Gasteiger partial charge in [-0.15, -0.1) is 22.9 Å². The lowest BCUT2D eigenvalue weighted by Crippen LogP contribution is -2.18. The molecule has 0 aromatic carbocycles. The molecule has 1 aromatic rings. The zero-order valence-corrected chi connectivity index (χ0v) is 10.3. The maximum atomic E-state index is 11.2. The highest BCUT2D eigenvalue weighted by Gasteiger charge is 2.20. The second-order valence-corrected chi connectivity index (χ2v) is 4.51. The van der Waals surface area contributed by atoms with Crippen molar-refractivity contribution in [2.24, 2.45) is 0 Å². The van der Waals surface area contributed by atoms with Gasteiger partial charge in [0.1, 0.15) is 11.0 Å². The van der Waals surface area contributed by atoms with Gasteiger partial charge in [0.15, 0.2) is 0 Å². The van der Waals surface area contributed by atoms with Crippen LogP contribution in [0.5, 0.6) is 0 Å². The first-order valence-corrected chi connectivity index (χ1v) is 6.10. The summed E-state index contributed by atoms with van der Waals surface area (Å²) < 4.78 is 4.54. The molecule has 1 aromatic heterocycles. The number of esters is 1. The zero-order chi connectivity index (χ0) is 12.1. The molecule has 4 nitrogen and oxygen atoms in total. The number of alkyl halides is 1. The number of rotatable bonds is 5. The Morgan fingerprint density at radius 3 is 2.88 bits per heavy atom. The van der Waals surface area contributed by atoms with Crippen molar-refractivity contribution in [1.29, 1.82) is 0 Å². The molecule has 0 spiro atoms. The smallest absolute Gasteiger partial charge is 0.348 e. The van der Waals surface area contributed by atoms with Crippen LogP contribution in [0.15, 0.2) is 11.4 Å². The number of hydrogen-bond acceptors (Lipinski definition) is 5. The van der Waals surface area contributed by atoms with Gasteiger partial charge in [-0.05, 0) is 23.4 Å². The fraction of sp³-hybridized carbons (Fsp3) is 0.500. The minimum absolute atomic E-state index is 0.270. The Balaban J connectivity index is 2.73. The molecule has 0 aliphatic carbocycles. The normalized spacial score (nSPS) is 14.5. The predicted octanol–water partition coefficient (Wildman–Crippen LogP) is 1.56. The second kappa shape index (κ2) is 6.20. The molecule has 0 bridgehead atoms. The number of aliphatic hydroxyl groups is 2. The highest BCUT2D eigenvalue weighted by atomic mass is 35.5. The summed E-state index contributed by atoms with van der Waals surface area (Å²) in [6.45, 7) is 0. The monoisotopic (exact) mass is 264 g/mol. The summed E-state index contributed by atoms with van der Waals surface area (Å²) in [6.07, 6.45) is -1.64. The van der Waals surface area contributed by atoms with E-state index < -0.39 is 18.2 Å². The molecule has 90 valence electrons. The number of carbonyl (C=O) groups excluding carboxylic acids is 1. The van der Waals surface area contributed by atoms with Crippen LogP contribution in [0, 0.1) is 0 Å². The Kier molecular flexibility index (Phi) is 5.21. The fourth-order valence-electron chi connectivity index (χ4n) is 1.21. The van der Waals surface area contributed by atoms with E-state index in [1.165, 1.54) is 24.5 Å². The van der Waals surface area contributed by atoms with Crippen molar-refractivity contribution in [3.63, 3.8) is 0 Å². The summed E-state index contributed by atoms with van der Waals surface area (Å²) in [5.74, 6) is -0.179. The van der Waals surface area contributed by atoms with E-state index in [2.05, 4.69) is 4.74 Å². The largest absolute Gasteiger partial charge is 0.465 e. The minimum Gasteiger partial charge on any atom is -0.465 e. The van der Waals surface area contributed by atoms with Gasteiger partial charge in [0, 0.05) is 5.88 Å². The van der Waals surface area contributed by atoms with Gasteiger partial charge in [0.05, 0.1) is 13.2 Å². The van der Waals surface area contributed by atoms with E-state index in [-0.39, 0.29) is 5.88 Å². The third-order valence-electron chi connectivity index (χ3n) is 2.12. The third-order valence-corrected chi connectivity index (χ3v) is 3.26. The van der Waals surface area contributed by atoms with Gasteiger partial charge >= 0.3 is 5.97 Å². The summed E-state index contributed by atoms with van der Waals surface area (Å²) in [4.78, 5) is 11.6. The lowest BCUT2D eigenvalue weighted by atomic mass is 10.1. The number of halogens is 1. The molecule has 2 N–H and O–H groups in total. The molecule has 0 aliphatic rings. The SMILES string of the molecule is COC(=O)c1cc(C(O)C(O)CCCl)cs1. The molecular weight excluding hydrogens is 252 g/mol. The number of aliphatic hydroxyl groups excluding tert-OH is 2. The Morgan fingerprint density at radius 2 is 2.31 bits per heavy atom. The maximum absolute atomic E-state index is 11.2. The molecule has 6 heteroatoms. The molecule has 0 saturated carbocycles. The summed E-state index contributed by atoms with van der Waals surface area (Å²) in [5, 5.41) is 20.9. The van der Waals surface area contributed by atoms with Gasteiger partial charge in [0.25, 0.3) is 0 Å². The van der Waals surface area contributed by atoms with E-state index in [1.807, 2.05) is 0 Å². The average Bonchev–Trinajstić information content (AvgIpc) is 2.76. The molecule has 0 amide bonds. The van der Waals surface area contributed by atoms with Crippen LogP contribution in [-0.2, 0) is 4.74 Å². The van der Waals surface area contributed by atoms with Crippen LogP contribution >= 0.6 is 22.9 Å². The number of ether oxygens (including phenoxy) is 1. The molecule has 2 unspecified atom stereocenters. The van der Waals surface area contributed by atoms with Gasteiger partial charge in [-0.1, -0.05) is 0 Å². The van der Waals surface area contributed by atoms with E-state index in [4.69, 9.17) is 11.6 Å². The van der Waals surface area contributed by atoms with Crippen molar-refractivity contribution in [3.05, 3.63) is 21.9 Å². The first kappa shape index (κ1) is 13.4. The van der Waals surface area contributed by atoms with Crippen LogP contribution < -0.4 is 0 Å². The van der Waals surface area contributed by atoms with Gasteiger partial charge in [0.2, 0.25) is 0 Å². The van der Waals surface area contributed by atoms with E-state index >= 15 is 0 Å². The molecule has 1 rings (SSSR count). The summed E-state index contributed by atoms with van der Waals surface area (Å²) in [6, 6.07) is 1.51. The highest BCUT2D eigenvalue weighted by molar-refractivity contribution is 7.12. The quantitative estimate of drug-likeness (QED) is 0.626. The number of carbonyl (C=O) groups is 1. The van der Waals surface area contributed by atoms with Crippen molar-refractivity contribution in [3.8, 4) is 0 Å². The minimum atomic E-state index is -1.02. The molecule has 2 atom stereocenters. The fourth-order valence-corrected chi connectivity index (χ4v) is 2.28. The Morgan fingerprint density at radius 1 is 1.62 bits per heavy atom. The molecule has 16 heavy (non-hydrogen) atoms. The van der Waals surface area contributed by atoms with E-state index in [0.717, 1.165) is 0 Å². The van der Waals surface area contributed by atoms with Gasteiger partial charge in [-0.2, -0.15) is 0 Å². The average molecular weight is 265 g/mol. The number of hydrogen-bond donors (Lipinski definition) is 2. The van der Waals surface area contributed by atoms with Crippen molar-refractivity contribution >= 4 is 28.9 Å². The predicted molar refractivity (Wildman–Crippen MR) is 62.0 cm³/mol. The van der Waals surface area contributed by atoms with E-state index in [0.29, 0.717) is 16.9 Å². The Hall–Kier alpha value is -0.620. The van der Waals surface area contributed by atoms with Crippen LogP contribution in [0.4, 0.5) is 0 Å². The Bertz CT molecular complexity index is 352. The third kappa shape index (κ3) is 3.18. The van der Waals surface area contributed by atoms with Gasteiger partial charge < -0.3 is 14.9 Å².